The first-order valence-electron chi connectivity index (χ1n) is 12.9. The molecule has 0 bridgehead atoms. The molecule has 2 N–H and O–H groups in total. The van der Waals surface area contributed by atoms with Gasteiger partial charge < -0.3 is 24.8 Å². The highest BCUT2D eigenvalue weighted by Crippen LogP contribution is 2.34. The van der Waals surface area contributed by atoms with Crippen LogP contribution in [0.25, 0.3) is 10.9 Å². The van der Waals surface area contributed by atoms with Gasteiger partial charge in [0, 0.05) is 36.8 Å². The van der Waals surface area contributed by atoms with Gasteiger partial charge in [0.15, 0.2) is 11.5 Å². The number of para-hydroxylation sites is 1. The lowest BCUT2D eigenvalue weighted by Gasteiger charge is -2.26. The zero-order chi connectivity index (χ0) is 26.7. The second kappa shape index (κ2) is 13.6. The van der Waals surface area contributed by atoms with Gasteiger partial charge in [-0.25, -0.2) is 9.97 Å². The predicted octanol–water partition coefficient (Wildman–Crippen LogP) is 4.15. The summed E-state index contributed by atoms with van der Waals surface area (Å²) in [5.41, 5.74) is 3.85. The SMILES string of the molecule is COc1cc2c(NC(=NCCC#N)Nc3c(C)cccc3C)ncnc2cc1OCCCN1CCOCC1. The van der Waals surface area contributed by atoms with Crippen LogP contribution >= 0.6 is 0 Å². The van der Waals surface area contributed by atoms with Gasteiger partial charge in [-0.2, -0.15) is 5.26 Å². The number of aromatic nitrogens is 2. The van der Waals surface area contributed by atoms with Crippen molar-refractivity contribution < 1.29 is 14.2 Å². The smallest absolute Gasteiger partial charge is 0.201 e. The minimum Gasteiger partial charge on any atom is -0.493 e. The third-order valence-corrected chi connectivity index (χ3v) is 6.36. The summed E-state index contributed by atoms with van der Waals surface area (Å²) >= 11 is 0. The van der Waals surface area contributed by atoms with Crippen molar-refractivity contribution >= 4 is 28.4 Å². The van der Waals surface area contributed by atoms with Gasteiger partial charge in [-0.05, 0) is 37.5 Å². The van der Waals surface area contributed by atoms with E-state index in [2.05, 4.69) is 36.6 Å². The fourth-order valence-electron chi connectivity index (χ4n) is 4.30. The lowest BCUT2D eigenvalue weighted by Crippen LogP contribution is -2.37. The second-order valence-corrected chi connectivity index (χ2v) is 9.05. The number of nitriles is 1. The summed E-state index contributed by atoms with van der Waals surface area (Å²) in [7, 11) is 1.62. The van der Waals surface area contributed by atoms with Crippen LogP contribution < -0.4 is 20.1 Å². The molecule has 0 spiro atoms. The van der Waals surface area contributed by atoms with Crippen LogP contribution in [-0.4, -0.2) is 73.9 Å². The van der Waals surface area contributed by atoms with E-state index in [4.69, 9.17) is 19.5 Å². The van der Waals surface area contributed by atoms with Crippen LogP contribution in [0, 0.1) is 25.2 Å². The maximum absolute atomic E-state index is 9.00. The van der Waals surface area contributed by atoms with Gasteiger partial charge in [-0.1, -0.05) is 18.2 Å². The van der Waals surface area contributed by atoms with Crippen molar-refractivity contribution in [1.82, 2.24) is 14.9 Å². The summed E-state index contributed by atoms with van der Waals surface area (Å²) in [5, 5.41) is 16.5. The Morgan fingerprint density at radius 2 is 1.92 bits per heavy atom. The quantitative estimate of drug-likeness (QED) is 0.232. The third kappa shape index (κ3) is 7.09. The lowest BCUT2D eigenvalue weighted by molar-refractivity contribution is 0.0357. The Balaban J connectivity index is 1.53. The van der Waals surface area contributed by atoms with Gasteiger partial charge in [0.2, 0.25) is 5.96 Å². The highest BCUT2D eigenvalue weighted by molar-refractivity contribution is 6.08. The topological polar surface area (TPSA) is 117 Å². The normalized spacial score (nSPS) is 14.2. The average molecular weight is 518 g/mol. The molecule has 38 heavy (non-hydrogen) atoms. The van der Waals surface area contributed by atoms with Crippen molar-refractivity contribution in [2.75, 3.05) is 63.7 Å². The Morgan fingerprint density at radius 3 is 2.66 bits per heavy atom. The third-order valence-electron chi connectivity index (χ3n) is 6.36. The van der Waals surface area contributed by atoms with E-state index in [1.165, 1.54) is 6.33 Å². The summed E-state index contributed by atoms with van der Waals surface area (Å²) in [6.07, 6.45) is 2.72. The Hall–Kier alpha value is -3.94. The number of aryl methyl sites for hydroxylation is 2. The van der Waals surface area contributed by atoms with Crippen LogP contribution in [0.4, 0.5) is 11.5 Å². The van der Waals surface area contributed by atoms with Crippen LogP contribution in [-0.2, 0) is 4.74 Å². The van der Waals surface area contributed by atoms with E-state index < -0.39 is 0 Å². The first-order chi connectivity index (χ1) is 18.6. The average Bonchev–Trinajstić information content (AvgIpc) is 2.93. The minimum atomic E-state index is 0.310. The number of anilines is 2. The van der Waals surface area contributed by atoms with Crippen molar-refractivity contribution in [3.05, 3.63) is 47.8 Å². The molecule has 2 aromatic carbocycles. The fourth-order valence-corrected chi connectivity index (χ4v) is 4.30. The van der Waals surface area contributed by atoms with Crippen LogP contribution in [0.3, 0.4) is 0 Å². The Kier molecular flexibility index (Phi) is 9.67. The molecule has 0 saturated carbocycles. The van der Waals surface area contributed by atoms with Gasteiger partial charge in [0.1, 0.15) is 12.1 Å². The van der Waals surface area contributed by atoms with Gasteiger partial charge in [-0.3, -0.25) is 9.89 Å². The molecule has 200 valence electrons. The number of hydrogen-bond acceptors (Lipinski definition) is 8. The van der Waals surface area contributed by atoms with Crippen molar-refractivity contribution in [3.8, 4) is 17.6 Å². The van der Waals surface area contributed by atoms with E-state index in [9.17, 15) is 0 Å². The molecule has 1 saturated heterocycles. The molecule has 10 nitrogen and oxygen atoms in total. The van der Waals surface area contributed by atoms with Crippen LogP contribution in [0.1, 0.15) is 24.0 Å². The lowest BCUT2D eigenvalue weighted by atomic mass is 10.1. The van der Waals surface area contributed by atoms with E-state index in [0.717, 1.165) is 67.0 Å². The molecule has 1 aliphatic rings. The van der Waals surface area contributed by atoms with Crippen molar-refractivity contribution in [2.45, 2.75) is 26.7 Å². The van der Waals surface area contributed by atoms with Crippen LogP contribution in [0.5, 0.6) is 11.5 Å². The zero-order valence-electron chi connectivity index (χ0n) is 22.3. The molecular formula is C28H35N7O3. The Labute approximate surface area is 223 Å². The van der Waals surface area contributed by atoms with E-state index in [-0.39, 0.29) is 0 Å². The largest absolute Gasteiger partial charge is 0.493 e. The highest BCUT2D eigenvalue weighted by atomic mass is 16.5. The first kappa shape index (κ1) is 27.1. The van der Waals surface area contributed by atoms with Gasteiger partial charge >= 0.3 is 0 Å². The molecular weight excluding hydrogens is 482 g/mol. The predicted molar refractivity (Wildman–Crippen MR) is 149 cm³/mol. The molecule has 2 heterocycles. The van der Waals surface area contributed by atoms with Gasteiger partial charge in [-0.15, -0.1) is 0 Å². The Bertz CT molecular complexity index is 1280. The zero-order valence-corrected chi connectivity index (χ0v) is 22.3. The molecule has 10 heteroatoms. The Morgan fingerprint density at radius 1 is 1.13 bits per heavy atom. The van der Waals surface area contributed by atoms with E-state index in [1.54, 1.807) is 7.11 Å². The monoisotopic (exact) mass is 517 g/mol. The van der Waals surface area contributed by atoms with Crippen molar-refractivity contribution in [3.63, 3.8) is 0 Å². The van der Waals surface area contributed by atoms with Crippen molar-refractivity contribution in [2.24, 2.45) is 4.99 Å². The molecule has 1 fully saturated rings. The number of nitrogens with zero attached hydrogens (tertiary/aromatic N) is 5. The van der Waals surface area contributed by atoms with E-state index in [1.807, 2.05) is 44.2 Å². The molecule has 0 unspecified atom stereocenters. The number of rotatable bonds is 10. The number of nitrogens with one attached hydrogen (secondary N) is 2. The molecule has 0 amide bonds. The second-order valence-electron chi connectivity index (χ2n) is 9.05. The number of methoxy groups -OCH3 is 1. The van der Waals surface area contributed by atoms with Crippen LogP contribution in [0.2, 0.25) is 0 Å². The van der Waals surface area contributed by atoms with Gasteiger partial charge in [0.05, 0.1) is 51.5 Å². The molecule has 1 aromatic heterocycles. The molecule has 0 atom stereocenters. The molecule has 0 radical (unpaired) electrons. The number of morpholine rings is 1. The summed E-state index contributed by atoms with van der Waals surface area (Å²) < 4.78 is 17.2. The number of ether oxygens (including phenoxy) is 3. The molecule has 0 aliphatic carbocycles. The highest BCUT2D eigenvalue weighted by Gasteiger charge is 2.15. The maximum atomic E-state index is 9.00. The molecule has 1 aliphatic heterocycles. The van der Waals surface area contributed by atoms with Crippen LogP contribution in [0.15, 0.2) is 41.7 Å². The molecule has 3 aromatic rings. The fraction of sp³-hybridized carbons (Fsp3) is 0.429. The number of aliphatic imine (C=N–C) groups is 1. The van der Waals surface area contributed by atoms with Gasteiger partial charge in [0.25, 0.3) is 0 Å². The summed E-state index contributed by atoms with van der Waals surface area (Å²) in [6.45, 7) is 9.48. The number of benzene rings is 2. The summed E-state index contributed by atoms with van der Waals surface area (Å²) in [5.74, 6) is 2.32. The first-order valence-corrected chi connectivity index (χ1v) is 12.9. The number of guanidine groups is 1. The summed E-state index contributed by atoms with van der Waals surface area (Å²) in [6, 6.07) is 12.0. The number of hydrogen-bond donors (Lipinski definition) is 2. The standard InChI is InChI=1S/C28H35N7O3/c1-20-7-4-8-21(2)26(20)33-28(30-10-5-9-29)34-27-22-17-24(36-3)25(18-23(22)31-19-32-27)38-14-6-11-35-12-15-37-16-13-35/h4,7-8,17-19H,5-6,10-16H2,1-3H3,(H2,30,31,32,33,34). The van der Waals surface area contributed by atoms with Crippen molar-refractivity contribution in [1.29, 1.82) is 5.26 Å². The van der Waals surface area contributed by atoms with E-state index >= 15 is 0 Å². The molecule has 4 rings (SSSR count). The minimum absolute atomic E-state index is 0.310. The summed E-state index contributed by atoms with van der Waals surface area (Å²) in [4.78, 5) is 15.9. The number of fused-ring (bicyclic) bond motifs is 1. The maximum Gasteiger partial charge on any atom is 0.201 e. The van der Waals surface area contributed by atoms with E-state index in [0.29, 0.717) is 42.8 Å².